The molecule has 1 aromatic carbocycles. The number of rotatable bonds is 3. The molecule has 0 aliphatic carbocycles. The average molecular weight is 269 g/mol. The maximum absolute atomic E-state index is 9.21. The van der Waals surface area contributed by atoms with E-state index in [1.54, 1.807) is 0 Å². The second-order valence-electron chi connectivity index (χ2n) is 6.38. The lowest BCUT2D eigenvalue weighted by atomic mass is 9.91. The van der Waals surface area contributed by atoms with E-state index in [0.717, 1.165) is 35.8 Å². The molecule has 2 aliphatic rings. The van der Waals surface area contributed by atoms with E-state index in [4.69, 9.17) is 0 Å². The van der Waals surface area contributed by atoms with Crippen molar-refractivity contribution in [3.05, 3.63) is 29.3 Å². The summed E-state index contributed by atoms with van der Waals surface area (Å²) in [6.45, 7) is 3.07. The molecule has 0 radical (unpaired) electrons. The molecule has 3 heteroatoms. The third-order valence-electron chi connectivity index (χ3n) is 5.16. The third-order valence-corrected chi connectivity index (χ3v) is 5.16. The van der Waals surface area contributed by atoms with Gasteiger partial charge < -0.3 is 10.2 Å². The molecular formula is C17H23N3. The quantitative estimate of drug-likeness (QED) is 0.916. The van der Waals surface area contributed by atoms with Crippen LogP contribution < -0.4 is 5.32 Å². The molecule has 2 unspecified atom stereocenters. The summed E-state index contributed by atoms with van der Waals surface area (Å²) in [5.74, 6) is 0.745. The first-order valence-electron chi connectivity index (χ1n) is 7.64. The van der Waals surface area contributed by atoms with Gasteiger partial charge in [0.15, 0.2) is 0 Å². The molecule has 1 N–H and O–H groups in total. The Hall–Kier alpha value is -1.53. The van der Waals surface area contributed by atoms with Gasteiger partial charge in [-0.15, -0.1) is 0 Å². The first-order valence-corrected chi connectivity index (χ1v) is 7.64. The normalized spacial score (nSPS) is 29.1. The summed E-state index contributed by atoms with van der Waals surface area (Å²) in [4.78, 5) is 2.57. The molecule has 106 valence electrons. The van der Waals surface area contributed by atoms with Crippen molar-refractivity contribution in [1.82, 2.24) is 4.90 Å². The predicted octanol–water partition coefficient (Wildman–Crippen LogP) is 3.15. The predicted molar refractivity (Wildman–Crippen MR) is 81.7 cm³/mol. The zero-order chi connectivity index (χ0) is 14.1. The highest BCUT2D eigenvalue weighted by Crippen LogP contribution is 2.37. The van der Waals surface area contributed by atoms with Crippen LogP contribution in [0.5, 0.6) is 0 Å². The second kappa shape index (κ2) is 5.46. The summed E-state index contributed by atoms with van der Waals surface area (Å²) >= 11 is 0. The maximum Gasteiger partial charge on any atom is 0.101 e. The molecule has 2 fully saturated rings. The first kappa shape index (κ1) is 13.5. The number of nitriles is 1. The minimum absolute atomic E-state index is 0.745. The van der Waals surface area contributed by atoms with Gasteiger partial charge in [0.2, 0.25) is 0 Å². The van der Waals surface area contributed by atoms with Crippen LogP contribution >= 0.6 is 0 Å². The maximum atomic E-state index is 9.21. The number of nitrogens with zero attached hydrogens (tertiary/aromatic N) is 2. The molecule has 0 amide bonds. The van der Waals surface area contributed by atoms with Crippen LogP contribution in [0.25, 0.3) is 0 Å². The Bertz CT molecular complexity index is 518. The molecule has 2 saturated heterocycles. The molecule has 2 heterocycles. The Labute approximate surface area is 121 Å². The molecule has 2 aliphatic heterocycles. The van der Waals surface area contributed by atoms with E-state index in [1.807, 2.05) is 12.1 Å². The average Bonchev–Trinajstić information content (AvgIpc) is 2.67. The molecule has 2 atom stereocenters. The van der Waals surface area contributed by atoms with Crippen LogP contribution in [0.4, 0.5) is 5.69 Å². The smallest absolute Gasteiger partial charge is 0.101 e. The van der Waals surface area contributed by atoms with E-state index in [1.165, 1.54) is 31.2 Å². The lowest BCUT2D eigenvalue weighted by Gasteiger charge is -2.36. The van der Waals surface area contributed by atoms with Crippen LogP contribution in [-0.4, -0.2) is 30.6 Å². The SMILES string of the molecule is Cc1cccc(C#N)c1NCC1CC2CCC(C1)N2C. The van der Waals surface area contributed by atoms with Gasteiger partial charge in [-0.25, -0.2) is 0 Å². The van der Waals surface area contributed by atoms with Crippen molar-refractivity contribution in [2.24, 2.45) is 5.92 Å². The minimum Gasteiger partial charge on any atom is -0.383 e. The van der Waals surface area contributed by atoms with E-state index in [9.17, 15) is 5.26 Å². The Balaban J connectivity index is 1.65. The summed E-state index contributed by atoms with van der Waals surface area (Å²) < 4.78 is 0. The minimum atomic E-state index is 0.745. The van der Waals surface area contributed by atoms with Crippen molar-refractivity contribution in [1.29, 1.82) is 5.26 Å². The van der Waals surface area contributed by atoms with E-state index < -0.39 is 0 Å². The van der Waals surface area contributed by atoms with Crippen molar-refractivity contribution in [3.8, 4) is 6.07 Å². The van der Waals surface area contributed by atoms with Gasteiger partial charge in [-0.1, -0.05) is 12.1 Å². The number of hydrogen-bond donors (Lipinski definition) is 1. The monoisotopic (exact) mass is 269 g/mol. The van der Waals surface area contributed by atoms with Gasteiger partial charge >= 0.3 is 0 Å². The summed E-state index contributed by atoms with van der Waals surface area (Å²) in [5.41, 5.74) is 2.96. The van der Waals surface area contributed by atoms with Crippen LogP contribution in [0.1, 0.15) is 36.8 Å². The molecule has 3 nitrogen and oxygen atoms in total. The highest BCUT2D eigenvalue weighted by molar-refractivity contribution is 5.62. The van der Waals surface area contributed by atoms with Crippen LogP contribution in [0.2, 0.25) is 0 Å². The van der Waals surface area contributed by atoms with Crippen molar-refractivity contribution >= 4 is 5.69 Å². The fourth-order valence-electron chi connectivity index (χ4n) is 3.93. The molecule has 0 spiro atoms. The van der Waals surface area contributed by atoms with Gasteiger partial charge in [0.25, 0.3) is 0 Å². The Morgan fingerprint density at radius 2 is 2.00 bits per heavy atom. The standard InChI is InChI=1S/C17H23N3/c1-12-4-3-5-14(10-18)17(12)19-11-13-8-15-6-7-16(9-13)20(15)2/h3-5,13,15-16,19H,6-9,11H2,1-2H3. The van der Waals surface area contributed by atoms with E-state index in [-0.39, 0.29) is 0 Å². The fraction of sp³-hybridized carbons (Fsp3) is 0.588. The number of hydrogen-bond acceptors (Lipinski definition) is 3. The molecule has 20 heavy (non-hydrogen) atoms. The fourth-order valence-corrected chi connectivity index (χ4v) is 3.93. The van der Waals surface area contributed by atoms with Gasteiger partial charge in [-0.3, -0.25) is 0 Å². The van der Waals surface area contributed by atoms with Gasteiger partial charge in [0.1, 0.15) is 6.07 Å². The number of aryl methyl sites for hydroxylation is 1. The van der Waals surface area contributed by atoms with Crippen molar-refractivity contribution < 1.29 is 0 Å². The van der Waals surface area contributed by atoms with Crippen molar-refractivity contribution in [2.45, 2.75) is 44.7 Å². The molecule has 2 bridgehead atoms. The highest BCUT2D eigenvalue weighted by Gasteiger charge is 2.38. The highest BCUT2D eigenvalue weighted by atomic mass is 15.2. The number of piperidine rings is 1. The topological polar surface area (TPSA) is 39.1 Å². The van der Waals surface area contributed by atoms with E-state index in [2.05, 4.69) is 36.3 Å². The van der Waals surface area contributed by atoms with Gasteiger partial charge in [0.05, 0.1) is 11.3 Å². The zero-order valence-electron chi connectivity index (χ0n) is 12.4. The summed E-state index contributed by atoms with van der Waals surface area (Å²) in [7, 11) is 2.28. The lowest BCUT2D eigenvalue weighted by molar-refractivity contribution is 0.139. The van der Waals surface area contributed by atoms with Crippen LogP contribution in [0.15, 0.2) is 18.2 Å². The zero-order valence-corrected chi connectivity index (χ0v) is 12.4. The largest absolute Gasteiger partial charge is 0.383 e. The van der Waals surface area contributed by atoms with Crippen LogP contribution in [-0.2, 0) is 0 Å². The summed E-state index contributed by atoms with van der Waals surface area (Å²) in [5, 5.41) is 12.8. The van der Waals surface area contributed by atoms with Gasteiger partial charge in [-0.05, 0) is 57.2 Å². The number of benzene rings is 1. The summed E-state index contributed by atoms with van der Waals surface area (Å²) in [6, 6.07) is 9.78. The first-order chi connectivity index (χ1) is 9.69. The van der Waals surface area contributed by atoms with E-state index in [0.29, 0.717) is 0 Å². The molecular weight excluding hydrogens is 246 g/mol. The Kier molecular flexibility index (Phi) is 3.67. The van der Waals surface area contributed by atoms with Crippen molar-refractivity contribution in [2.75, 3.05) is 18.9 Å². The van der Waals surface area contributed by atoms with Gasteiger partial charge in [0, 0.05) is 18.6 Å². The molecule has 0 saturated carbocycles. The molecule has 0 aromatic heterocycles. The number of nitrogens with one attached hydrogen (secondary N) is 1. The Morgan fingerprint density at radius 1 is 1.30 bits per heavy atom. The second-order valence-corrected chi connectivity index (χ2v) is 6.38. The number of fused-ring (bicyclic) bond motifs is 2. The number of para-hydroxylation sites is 1. The van der Waals surface area contributed by atoms with Crippen LogP contribution in [0.3, 0.4) is 0 Å². The van der Waals surface area contributed by atoms with E-state index >= 15 is 0 Å². The molecule has 3 rings (SSSR count). The van der Waals surface area contributed by atoms with Gasteiger partial charge in [-0.2, -0.15) is 5.26 Å². The number of anilines is 1. The van der Waals surface area contributed by atoms with Crippen LogP contribution in [0, 0.1) is 24.2 Å². The summed E-state index contributed by atoms with van der Waals surface area (Å²) in [6.07, 6.45) is 5.33. The van der Waals surface area contributed by atoms with Crippen molar-refractivity contribution in [3.63, 3.8) is 0 Å². The Morgan fingerprint density at radius 3 is 2.65 bits per heavy atom. The third kappa shape index (κ3) is 2.41. The molecule has 1 aromatic rings. The lowest BCUT2D eigenvalue weighted by Crippen LogP contribution is -2.41.